The predicted octanol–water partition coefficient (Wildman–Crippen LogP) is 4.42. The molecular weight excluding hydrogens is 298 g/mol. The maximum Gasteiger partial charge on any atom is 0.146 e. The van der Waals surface area contributed by atoms with E-state index >= 15 is 0 Å². The molecule has 0 saturated heterocycles. The highest BCUT2D eigenvalue weighted by Crippen LogP contribution is 2.18. The van der Waals surface area contributed by atoms with Crippen LogP contribution in [0.3, 0.4) is 0 Å². The van der Waals surface area contributed by atoms with Crippen molar-refractivity contribution in [1.29, 1.82) is 0 Å². The zero-order chi connectivity index (χ0) is 16.6. The van der Waals surface area contributed by atoms with Crippen LogP contribution < -0.4 is 10.2 Å². The van der Waals surface area contributed by atoms with Crippen LogP contribution in [0.15, 0.2) is 78.0 Å². The van der Waals surface area contributed by atoms with Gasteiger partial charge in [0.1, 0.15) is 18.2 Å². The maximum absolute atomic E-state index is 5.93. The van der Waals surface area contributed by atoms with E-state index in [-0.39, 0.29) is 0 Å². The Bertz CT molecular complexity index is 799. The number of aryl methyl sites for hydroxylation is 1. The first kappa shape index (κ1) is 15.7. The summed E-state index contributed by atoms with van der Waals surface area (Å²) >= 11 is 0. The molecule has 0 saturated carbocycles. The van der Waals surface area contributed by atoms with Crippen LogP contribution in [0.25, 0.3) is 0 Å². The van der Waals surface area contributed by atoms with Crippen molar-refractivity contribution in [3.63, 3.8) is 0 Å². The molecule has 0 bridgehead atoms. The lowest BCUT2D eigenvalue weighted by atomic mass is 10.1. The van der Waals surface area contributed by atoms with Crippen molar-refractivity contribution >= 4 is 12.0 Å². The number of aromatic nitrogens is 1. The molecule has 0 aliphatic heterocycles. The number of nitrogens with one attached hydrogen (secondary N) is 1. The molecule has 0 atom stereocenters. The van der Waals surface area contributed by atoms with Crippen LogP contribution in [0.4, 0.5) is 5.82 Å². The molecule has 0 unspecified atom stereocenters. The molecule has 1 heterocycles. The third-order valence-electron chi connectivity index (χ3n) is 3.48. The van der Waals surface area contributed by atoms with Crippen molar-refractivity contribution in [2.75, 3.05) is 5.43 Å². The average Bonchev–Trinajstić information content (AvgIpc) is 2.63. The minimum atomic E-state index is 0.527. The number of rotatable bonds is 6. The molecule has 0 amide bonds. The SMILES string of the molecule is Cc1ccc(COc2ccccc2/C=N/Nc2ccccn2)cc1. The molecule has 2 aromatic carbocycles. The molecule has 120 valence electrons. The summed E-state index contributed by atoms with van der Waals surface area (Å²) in [5.74, 6) is 1.50. The minimum absolute atomic E-state index is 0.527. The fourth-order valence-electron chi connectivity index (χ4n) is 2.16. The van der Waals surface area contributed by atoms with E-state index < -0.39 is 0 Å². The van der Waals surface area contributed by atoms with Crippen LogP contribution in [0, 0.1) is 6.92 Å². The summed E-state index contributed by atoms with van der Waals surface area (Å²) in [5, 5.41) is 4.22. The Labute approximate surface area is 141 Å². The van der Waals surface area contributed by atoms with Gasteiger partial charge in [-0.3, -0.25) is 5.43 Å². The van der Waals surface area contributed by atoms with Crippen molar-refractivity contribution in [3.8, 4) is 5.75 Å². The Hall–Kier alpha value is -3.14. The summed E-state index contributed by atoms with van der Waals surface area (Å²) < 4.78 is 5.93. The smallest absolute Gasteiger partial charge is 0.146 e. The Morgan fingerprint density at radius 3 is 2.58 bits per heavy atom. The van der Waals surface area contributed by atoms with E-state index in [1.54, 1.807) is 12.4 Å². The number of pyridine rings is 1. The highest BCUT2D eigenvalue weighted by molar-refractivity contribution is 5.83. The van der Waals surface area contributed by atoms with Gasteiger partial charge in [0, 0.05) is 11.8 Å². The van der Waals surface area contributed by atoms with Crippen molar-refractivity contribution < 1.29 is 4.74 Å². The standard InChI is InChI=1S/C20H19N3O/c1-16-9-11-17(12-10-16)15-24-19-7-3-2-6-18(19)14-22-23-20-8-4-5-13-21-20/h2-14H,15H2,1H3,(H,21,23)/b22-14+. The lowest BCUT2D eigenvalue weighted by molar-refractivity contribution is 0.306. The lowest BCUT2D eigenvalue weighted by Gasteiger charge is -2.09. The van der Waals surface area contributed by atoms with E-state index in [1.165, 1.54) is 5.56 Å². The first-order chi connectivity index (χ1) is 11.8. The molecular formula is C20H19N3O. The van der Waals surface area contributed by atoms with Crippen LogP contribution in [0.5, 0.6) is 5.75 Å². The zero-order valence-electron chi connectivity index (χ0n) is 13.5. The van der Waals surface area contributed by atoms with Crippen LogP contribution in [0.1, 0.15) is 16.7 Å². The number of nitrogens with zero attached hydrogens (tertiary/aromatic N) is 2. The van der Waals surface area contributed by atoms with Gasteiger partial charge in [0.15, 0.2) is 0 Å². The first-order valence-electron chi connectivity index (χ1n) is 7.79. The van der Waals surface area contributed by atoms with Gasteiger partial charge in [-0.1, -0.05) is 48.0 Å². The van der Waals surface area contributed by atoms with Gasteiger partial charge in [-0.15, -0.1) is 0 Å². The van der Waals surface area contributed by atoms with Gasteiger partial charge < -0.3 is 4.74 Å². The van der Waals surface area contributed by atoms with Crippen LogP contribution >= 0.6 is 0 Å². The number of hydrazone groups is 1. The van der Waals surface area contributed by atoms with Gasteiger partial charge in [-0.05, 0) is 36.8 Å². The van der Waals surface area contributed by atoms with Crippen LogP contribution in [0.2, 0.25) is 0 Å². The second kappa shape index (κ2) is 7.92. The predicted molar refractivity (Wildman–Crippen MR) is 97.4 cm³/mol. The highest BCUT2D eigenvalue weighted by Gasteiger charge is 2.01. The molecule has 0 fully saturated rings. The molecule has 3 rings (SSSR count). The molecule has 1 aromatic heterocycles. The second-order valence-electron chi connectivity index (χ2n) is 5.40. The quantitative estimate of drug-likeness (QED) is 0.541. The zero-order valence-corrected chi connectivity index (χ0v) is 13.5. The van der Waals surface area contributed by atoms with E-state index in [1.807, 2.05) is 42.5 Å². The molecule has 3 aromatic rings. The Morgan fingerprint density at radius 1 is 1.00 bits per heavy atom. The van der Waals surface area contributed by atoms with Crippen molar-refractivity contribution in [1.82, 2.24) is 4.98 Å². The maximum atomic E-state index is 5.93. The summed E-state index contributed by atoms with van der Waals surface area (Å²) in [5.41, 5.74) is 6.19. The van der Waals surface area contributed by atoms with Crippen LogP contribution in [-0.4, -0.2) is 11.2 Å². The van der Waals surface area contributed by atoms with Crippen molar-refractivity contribution in [2.45, 2.75) is 13.5 Å². The third kappa shape index (κ3) is 4.43. The number of hydrogen-bond donors (Lipinski definition) is 1. The molecule has 4 nitrogen and oxygen atoms in total. The van der Waals surface area contributed by atoms with Crippen molar-refractivity contribution in [3.05, 3.63) is 89.6 Å². The largest absolute Gasteiger partial charge is 0.488 e. The van der Waals surface area contributed by atoms with E-state index in [2.05, 4.69) is 46.7 Å². The molecule has 0 radical (unpaired) electrons. The number of benzene rings is 2. The van der Waals surface area contributed by atoms with E-state index in [0.29, 0.717) is 12.4 Å². The Kier molecular flexibility index (Phi) is 5.20. The Balaban J connectivity index is 1.65. The number of para-hydroxylation sites is 1. The fraction of sp³-hybridized carbons (Fsp3) is 0.100. The summed E-state index contributed by atoms with van der Waals surface area (Å²) in [6.07, 6.45) is 3.45. The minimum Gasteiger partial charge on any atom is -0.488 e. The van der Waals surface area contributed by atoms with E-state index in [0.717, 1.165) is 16.9 Å². The second-order valence-corrected chi connectivity index (χ2v) is 5.40. The van der Waals surface area contributed by atoms with Gasteiger partial charge in [-0.2, -0.15) is 5.10 Å². The number of anilines is 1. The third-order valence-corrected chi connectivity index (χ3v) is 3.48. The molecule has 4 heteroatoms. The number of ether oxygens (including phenoxy) is 1. The summed E-state index contributed by atoms with van der Waals surface area (Å²) in [4.78, 5) is 4.16. The highest BCUT2D eigenvalue weighted by atomic mass is 16.5. The topological polar surface area (TPSA) is 46.5 Å². The monoisotopic (exact) mass is 317 g/mol. The molecule has 24 heavy (non-hydrogen) atoms. The van der Waals surface area contributed by atoms with Gasteiger partial charge in [0.25, 0.3) is 0 Å². The summed E-state index contributed by atoms with van der Waals surface area (Å²) in [6, 6.07) is 21.8. The van der Waals surface area contributed by atoms with Gasteiger partial charge in [0.2, 0.25) is 0 Å². The van der Waals surface area contributed by atoms with Gasteiger partial charge in [0.05, 0.1) is 6.21 Å². The lowest BCUT2D eigenvalue weighted by Crippen LogP contribution is -1.99. The normalized spacial score (nSPS) is 10.7. The van der Waals surface area contributed by atoms with Gasteiger partial charge in [-0.25, -0.2) is 4.98 Å². The van der Waals surface area contributed by atoms with Crippen LogP contribution in [-0.2, 0) is 6.61 Å². The molecule has 0 aliphatic carbocycles. The fourth-order valence-corrected chi connectivity index (χ4v) is 2.16. The average molecular weight is 317 g/mol. The molecule has 0 spiro atoms. The van der Waals surface area contributed by atoms with Gasteiger partial charge >= 0.3 is 0 Å². The number of hydrogen-bond acceptors (Lipinski definition) is 4. The van der Waals surface area contributed by atoms with Crippen molar-refractivity contribution in [2.24, 2.45) is 5.10 Å². The molecule has 1 N–H and O–H groups in total. The molecule has 0 aliphatic rings. The summed E-state index contributed by atoms with van der Waals surface area (Å²) in [6.45, 7) is 2.60. The first-order valence-corrected chi connectivity index (χ1v) is 7.79. The summed E-state index contributed by atoms with van der Waals surface area (Å²) in [7, 11) is 0. The van der Waals surface area contributed by atoms with E-state index in [9.17, 15) is 0 Å². The van der Waals surface area contributed by atoms with E-state index in [4.69, 9.17) is 4.74 Å². The Morgan fingerprint density at radius 2 is 1.79 bits per heavy atom.